The molecule has 4 heteroatoms. The number of carbonyl (C=O) groups is 1. The van der Waals surface area contributed by atoms with Crippen LogP contribution in [0.1, 0.15) is 226 Å². The Morgan fingerprint density at radius 2 is 0.808 bits per heavy atom. The Morgan fingerprint density at radius 3 is 1.23 bits per heavy atom. The average molecular weight is 729 g/mol. The molecule has 0 saturated heterocycles. The first-order valence-electron chi connectivity index (χ1n) is 22.7. The molecule has 4 nitrogen and oxygen atoms in total. The van der Waals surface area contributed by atoms with Gasteiger partial charge < -0.3 is 14.6 Å². The maximum atomic E-state index is 12.2. The minimum atomic E-state index is -0.540. The molecule has 0 amide bonds. The van der Waals surface area contributed by atoms with Crippen LogP contribution >= 0.6 is 0 Å². The van der Waals surface area contributed by atoms with E-state index in [0.29, 0.717) is 19.6 Å². The Hall–Kier alpha value is -1.65. The lowest BCUT2D eigenvalue weighted by molar-refractivity contribution is -0.154. The summed E-state index contributed by atoms with van der Waals surface area (Å²) in [5.41, 5.74) is 0. The van der Waals surface area contributed by atoms with Gasteiger partial charge in [-0.05, 0) is 77.0 Å². The fourth-order valence-electron chi connectivity index (χ4n) is 6.45. The smallest absolute Gasteiger partial charge is 0.306 e. The highest BCUT2D eigenvalue weighted by atomic mass is 16.6. The molecule has 0 aliphatic carbocycles. The number of aliphatic hydroxyl groups excluding tert-OH is 1. The van der Waals surface area contributed by atoms with Gasteiger partial charge in [-0.15, -0.1) is 0 Å². The van der Waals surface area contributed by atoms with E-state index >= 15 is 0 Å². The van der Waals surface area contributed by atoms with Crippen LogP contribution in [0.5, 0.6) is 0 Å². The highest BCUT2D eigenvalue weighted by Crippen LogP contribution is 2.14. The van der Waals surface area contributed by atoms with Crippen LogP contribution in [0.2, 0.25) is 0 Å². The second-order valence-corrected chi connectivity index (χ2v) is 15.1. The molecule has 304 valence electrons. The van der Waals surface area contributed by atoms with Gasteiger partial charge in [-0.25, -0.2) is 0 Å². The standard InChI is InChI=1S/C48H88O4/c1-3-5-7-9-11-13-15-17-19-20-21-22-23-24-25-26-27-28-29-31-33-35-37-39-41-43-48(50)52-47(45-49)46-51-44-42-40-38-36-34-32-30-18-16-14-12-10-8-6-4-2/h15-18,20-21,23-24,47,49H,3-14,19,22,25-46H2,1-2H3/b17-15-,18-16-,21-20-,24-23-. The van der Waals surface area contributed by atoms with Crippen molar-refractivity contribution < 1.29 is 19.4 Å². The summed E-state index contributed by atoms with van der Waals surface area (Å²) in [4.78, 5) is 12.2. The van der Waals surface area contributed by atoms with Gasteiger partial charge in [0, 0.05) is 13.0 Å². The summed E-state index contributed by atoms with van der Waals surface area (Å²) in [6.07, 6.45) is 58.9. The molecule has 52 heavy (non-hydrogen) atoms. The van der Waals surface area contributed by atoms with E-state index in [-0.39, 0.29) is 12.6 Å². The maximum Gasteiger partial charge on any atom is 0.306 e. The number of carbonyl (C=O) groups excluding carboxylic acids is 1. The third-order valence-corrected chi connectivity index (χ3v) is 9.88. The van der Waals surface area contributed by atoms with Crippen molar-refractivity contribution >= 4 is 5.97 Å². The molecule has 0 saturated carbocycles. The number of hydrogen-bond donors (Lipinski definition) is 1. The van der Waals surface area contributed by atoms with Gasteiger partial charge in [0.1, 0.15) is 6.10 Å². The molecule has 0 bridgehead atoms. The Kier molecular flexibility index (Phi) is 44.1. The van der Waals surface area contributed by atoms with Gasteiger partial charge in [-0.1, -0.05) is 191 Å². The maximum absolute atomic E-state index is 12.2. The van der Waals surface area contributed by atoms with Crippen LogP contribution in [0.15, 0.2) is 48.6 Å². The van der Waals surface area contributed by atoms with E-state index in [0.717, 1.165) is 32.1 Å². The SMILES string of the molecule is CCCCCCC/C=C\C/C=C\C/C=C\CCCCCCCCCCCCC(=O)OC(CO)COCCCCCCCC/C=C\CCCCCCC. The van der Waals surface area contributed by atoms with Crippen LogP contribution in [0.3, 0.4) is 0 Å². The molecule has 0 aromatic carbocycles. The van der Waals surface area contributed by atoms with Gasteiger partial charge in [0.2, 0.25) is 0 Å². The molecule has 1 N–H and O–H groups in total. The highest BCUT2D eigenvalue weighted by Gasteiger charge is 2.13. The van der Waals surface area contributed by atoms with E-state index in [2.05, 4.69) is 62.5 Å². The van der Waals surface area contributed by atoms with Crippen molar-refractivity contribution in [1.82, 2.24) is 0 Å². The summed E-state index contributed by atoms with van der Waals surface area (Å²) in [6, 6.07) is 0. The number of ether oxygens (including phenoxy) is 2. The second-order valence-electron chi connectivity index (χ2n) is 15.1. The van der Waals surface area contributed by atoms with Gasteiger partial charge in [-0.3, -0.25) is 4.79 Å². The summed E-state index contributed by atoms with van der Waals surface area (Å²) >= 11 is 0. The van der Waals surface area contributed by atoms with E-state index in [1.165, 1.54) is 173 Å². The number of aliphatic hydroxyl groups is 1. The molecule has 0 spiro atoms. The Balaban J connectivity index is 3.44. The predicted molar refractivity (Wildman–Crippen MR) is 228 cm³/mol. The zero-order valence-electron chi connectivity index (χ0n) is 34.8. The molecule has 1 unspecified atom stereocenters. The quantitative estimate of drug-likeness (QED) is 0.0386. The molecule has 0 aliphatic rings. The first-order valence-corrected chi connectivity index (χ1v) is 22.7. The molecule has 1 atom stereocenters. The third-order valence-electron chi connectivity index (χ3n) is 9.88. The number of rotatable bonds is 42. The lowest BCUT2D eigenvalue weighted by Crippen LogP contribution is -2.27. The third kappa shape index (κ3) is 42.8. The largest absolute Gasteiger partial charge is 0.457 e. The summed E-state index contributed by atoms with van der Waals surface area (Å²) in [5, 5.41) is 9.61. The van der Waals surface area contributed by atoms with Crippen molar-refractivity contribution in [3.63, 3.8) is 0 Å². The minimum absolute atomic E-state index is 0.176. The topological polar surface area (TPSA) is 55.8 Å². The van der Waals surface area contributed by atoms with Gasteiger partial charge >= 0.3 is 5.97 Å². The van der Waals surface area contributed by atoms with Crippen molar-refractivity contribution in [2.24, 2.45) is 0 Å². The van der Waals surface area contributed by atoms with E-state index in [9.17, 15) is 9.90 Å². The summed E-state index contributed by atoms with van der Waals surface area (Å²) in [5.74, 6) is -0.206. The molecule has 0 heterocycles. The first kappa shape index (κ1) is 50.4. The van der Waals surface area contributed by atoms with E-state index in [1.807, 2.05) is 0 Å². The normalized spacial score (nSPS) is 12.8. The molecule has 0 aromatic rings. The summed E-state index contributed by atoms with van der Waals surface area (Å²) in [7, 11) is 0. The number of hydrogen-bond acceptors (Lipinski definition) is 4. The number of esters is 1. The minimum Gasteiger partial charge on any atom is -0.457 e. The molecular formula is C48H88O4. The molecule has 0 aromatic heterocycles. The van der Waals surface area contributed by atoms with Crippen molar-refractivity contribution in [3.05, 3.63) is 48.6 Å². The van der Waals surface area contributed by atoms with Crippen molar-refractivity contribution in [1.29, 1.82) is 0 Å². The zero-order chi connectivity index (χ0) is 37.7. The van der Waals surface area contributed by atoms with E-state index in [1.54, 1.807) is 0 Å². The van der Waals surface area contributed by atoms with E-state index in [4.69, 9.17) is 9.47 Å². The lowest BCUT2D eigenvalue weighted by atomic mass is 10.0. The fourth-order valence-corrected chi connectivity index (χ4v) is 6.45. The fraction of sp³-hybridized carbons (Fsp3) is 0.812. The van der Waals surface area contributed by atoms with Crippen LogP contribution in [0.4, 0.5) is 0 Å². The molecule has 0 aliphatic heterocycles. The van der Waals surface area contributed by atoms with Crippen LogP contribution in [-0.4, -0.2) is 37.0 Å². The lowest BCUT2D eigenvalue weighted by Gasteiger charge is -2.15. The molecule has 0 rings (SSSR count). The van der Waals surface area contributed by atoms with Crippen molar-refractivity contribution in [2.45, 2.75) is 232 Å². The average Bonchev–Trinajstić information content (AvgIpc) is 3.15. The predicted octanol–water partition coefficient (Wildman–Crippen LogP) is 15.0. The van der Waals surface area contributed by atoms with Gasteiger partial charge in [0.25, 0.3) is 0 Å². The number of unbranched alkanes of at least 4 members (excludes halogenated alkanes) is 26. The monoisotopic (exact) mass is 729 g/mol. The van der Waals surface area contributed by atoms with Crippen LogP contribution in [0, 0.1) is 0 Å². The first-order chi connectivity index (χ1) is 25.7. The molecular weight excluding hydrogens is 641 g/mol. The Labute approximate surface area is 324 Å². The molecule has 0 radical (unpaired) electrons. The zero-order valence-corrected chi connectivity index (χ0v) is 34.8. The number of allylic oxidation sites excluding steroid dienone is 8. The second kappa shape index (κ2) is 45.5. The summed E-state index contributed by atoms with van der Waals surface area (Å²) in [6.45, 7) is 5.32. The van der Waals surface area contributed by atoms with Crippen LogP contribution in [-0.2, 0) is 14.3 Å². The van der Waals surface area contributed by atoms with Gasteiger partial charge in [0.05, 0.1) is 13.2 Å². The van der Waals surface area contributed by atoms with Crippen molar-refractivity contribution in [2.75, 3.05) is 19.8 Å². The van der Waals surface area contributed by atoms with Gasteiger partial charge in [0.15, 0.2) is 0 Å². The van der Waals surface area contributed by atoms with Crippen LogP contribution < -0.4 is 0 Å². The Morgan fingerprint density at radius 1 is 0.462 bits per heavy atom. The van der Waals surface area contributed by atoms with E-state index < -0.39 is 6.10 Å². The molecule has 0 fully saturated rings. The summed E-state index contributed by atoms with van der Waals surface area (Å²) < 4.78 is 11.2. The highest BCUT2D eigenvalue weighted by molar-refractivity contribution is 5.69. The van der Waals surface area contributed by atoms with Crippen molar-refractivity contribution in [3.8, 4) is 0 Å². The Bertz CT molecular complexity index is 813. The van der Waals surface area contributed by atoms with Crippen LogP contribution in [0.25, 0.3) is 0 Å². The van der Waals surface area contributed by atoms with Gasteiger partial charge in [-0.2, -0.15) is 0 Å².